The predicted octanol–water partition coefficient (Wildman–Crippen LogP) is 1.43. The fourth-order valence-corrected chi connectivity index (χ4v) is 3.74. The molecule has 2 aliphatic rings. The number of hydrogen-bond donors (Lipinski definition) is 2. The molecule has 0 bridgehead atoms. The van der Waals surface area contributed by atoms with E-state index in [0.717, 1.165) is 51.4 Å². The number of amides is 2. The first-order valence-corrected chi connectivity index (χ1v) is 10.1. The van der Waals surface area contributed by atoms with Gasteiger partial charge in [-0.2, -0.15) is 0 Å². The maximum absolute atomic E-state index is 12.6. The molecular formula is C20H28ClN5O2. The first kappa shape index (κ1) is 20.6. The summed E-state index contributed by atoms with van der Waals surface area (Å²) in [6.45, 7) is 5.79. The number of nitrogen functional groups attached to an aromatic ring is 1. The van der Waals surface area contributed by atoms with Crippen molar-refractivity contribution in [3.8, 4) is 0 Å². The summed E-state index contributed by atoms with van der Waals surface area (Å²) in [4.78, 5) is 31.3. The lowest BCUT2D eigenvalue weighted by atomic mass is 10.1. The van der Waals surface area contributed by atoms with Crippen molar-refractivity contribution < 1.29 is 9.59 Å². The minimum absolute atomic E-state index is 0.000631. The van der Waals surface area contributed by atoms with E-state index in [-0.39, 0.29) is 17.7 Å². The van der Waals surface area contributed by atoms with Crippen LogP contribution in [0.1, 0.15) is 6.42 Å². The lowest BCUT2D eigenvalue weighted by Gasteiger charge is -2.35. The first-order valence-electron chi connectivity index (χ1n) is 9.69. The smallest absolute Gasteiger partial charge is 0.236 e. The summed E-state index contributed by atoms with van der Waals surface area (Å²) in [5, 5.41) is 2.93. The number of carbonyl (C=O) groups is 2. The van der Waals surface area contributed by atoms with Crippen LogP contribution < -0.4 is 11.1 Å². The van der Waals surface area contributed by atoms with Crippen LogP contribution in [0.15, 0.2) is 35.9 Å². The van der Waals surface area contributed by atoms with Gasteiger partial charge in [0.15, 0.2) is 0 Å². The van der Waals surface area contributed by atoms with Gasteiger partial charge in [0, 0.05) is 56.2 Å². The molecule has 2 amide bonds. The SMILES string of the molecule is Nc1ccc(NC(=O)C2CCN(CC(=O)N3CCN(C/C=C/Cl)CC3)C2)cc1. The van der Waals surface area contributed by atoms with E-state index in [2.05, 4.69) is 15.1 Å². The summed E-state index contributed by atoms with van der Waals surface area (Å²) in [5.74, 6) is 0.0531. The molecule has 2 saturated heterocycles. The lowest BCUT2D eigenvalue weighted by molar-refractivity contribution is -0.134. The van der Waals surface area contributed by atoms with Crippen molar-refractivity contribution in [1.82, 2.24) is 14.7 Å². The second kappa shape index (κ2) is 9.91. The van der Waals surface area contributed by atoms with Crippen LogP contribution in [-0.4, -0.2) is 78.9 Å². The van der Waals surface area contributed by atoms with Crippen molar-refractivity contribution in [2.45, 2.75) is 6.42 Å². The van der Waals surface area contributed by atoms with E-state index in [0.29, 0.717) is 18.8 Å². The summed E-state index contributed by atoms with van der Waals surface area (Å²) < 4.78 is 0. The van der Waals surface area contributed by atoms with Crippen LogP contribution in [0.25, 0.3) is 0 Å². The van der Waals surface area contributed by atoms with Gasteiger partial charge in [-0.15, -0.1) is 0 Å². The molecule has 3 rings (SSSR count). The lowest BCUT2D eigenvalue weighted by Crippen LogP contribution is -2.51. The third-order valence-corrected chi connectivity index (χ3v) is 5.54. The molecule has 0 aromatic heterocycles. The zero-order valence-electron chi connectivity index (χ0n) is 16.0. The van der Waals surface area contributed by atoms with E-state index < -0.39 is 0 Å². The van der Waals surface area contributed by atoms with Gasteiger partial charge in [-0.1, -0.05) is 17.7 Å². The predicted molar refractivity (Wildman–Crippen MR) is 112 cm³/mol. The number of halogens is 1. The average Bonchev–Trinajstić information content (AvgIpc) is 3.17. The van der Waals surface area contributed by atoms with Gasteiger partial charge in [-0.05, 0) is 37.2 Å². The number of anilines is 2. The fourth-order valence-electron chi connectivity index (χ4n) is 3.66. The van der Waals surface area contributed by atoms with Gasteiger partial charge in [0.25, 0.3) is 0 Å². The highest BCUT2D eigenvalue weighted by atomic mass is 35.5. The zero-order chi connectivity index (χ0) is 19.9. The number of benzene rings is 1. The molecule has 1 unspecified atom stereocenters. The molecule has 7 nitrogen and oxygen atoms in total. The van der Waals surface area contributed by atoms with Crippen LogP contribution in [0.4, 0.5) is 11.4 Å². The highest BCUT2D eigenvalue weighted by molar-refractivity contribution is 6.25. The van der Waals surface area contributed by atoms with E-state index in [9.17, 15) is 9.59 Å². The fraction of sp³-hybridized carbons (Fsp3) is 0.500. The van der Waals surface area contributed by atoms with E-state index in [4.69, 9.17) is 17.3 Å². The van der Waals surface area contributed by atoms with Gasteiger partial charge in [0.05, 0.1) is 12.5 Å². The summed E-state index contributed by atoms with van der Waals surface area (Å²) in [7, 11) is 0. The number of nitrogens with one attached hydrogen (secondary N) is 1. The van der Waals surface area contributed by atoms with Gasteiger partial charge in [-0.25, -0.2) is 0 Å². The number of piperazine rings is 1. The molecule has 8 heteroatoms. The zero-order valence-corrected chi connectivity index (χ0v) is 16.8. The van der Waals surface area contributed by atoms with Crippen LogP contribution in [0.2, 0.25) is 0 Å². The topological polar surface area (TPSA) is 81.9 Å². The van der Waals surface area contributed by atoms with Gasteiger partial charge < -0.3 is 16.0 Å². The minimum atomic E-state index is -0.0930. The van der Waals surface area contributed by atoms with Crippen LogP contribution in [-0.2, 0) is 9.59 Å². The van der Waals surface area contributed by atoms with E-state index >= 15 is 0 Å². The molecule has 1 aromatic carbocycles. The van der Waals surface area contributed by atoms with Crippen LogP contribution in [0.5, 0.6) is 0 Å². The Morgan fingerprint density at radius 2 is 1.82 bits per heavy atom. The third kappa shape index (κ3) is 5.70. The number of nitrogens with two attached hydrogens (primary N) is 1. The van der Waals surface area contributed by atoms with Gasteiger partial charge >= 0.3 is 0 Å². The Bertz CT molecular complexity index is 701. The van der Waals surface area contributed by atoms with E-state index in [1.165, 1.54) is 5.54 Å². The molecule has 2 aliphatic heterocycles. The van der Waals surface area contributed by atoms with Crippen molar-refractivity contribution in [3.05, 3.63) is 35.9 Å². The Morgan fingerprint density at radius 3 is 2.50 bits per heavy atom. The second-order valence-electron chi connectivity index (χ2n) is 7.38. The van der Waals surface area contributed by atoms with Crippen LogP contribution in [0, 0.1) is 5.92 Å². The van der Waals surface area contributed by atoms with E-state index in [1.54, 1.807) is 24.3 Å². The highest BCUT2D eigenvalue weighted by Gasteiger charge is 2.31. The molecule has 2 fully saturated rings. The molecule has 1 aromatic rings. The van der Waals surface area contributed by atoms with Crippen LogP contribution in [0.3, 0.4) is 0 Å². The van der Waals surface area contributed by atoms with Crippen molar-refractivity contribution in [2.75, 3.05) is 63.4 Å². The second-order valence-corrected chi connectivity index (χ2v) is 7.63. The van der Waals surface area contributed by atoms with Gasteiger partial charge in [0.1, 0.15) is 0 Å². The van der Waals surface area contributed by atoms with Gasteiger partial charge in [-0.3, -0.25) is 19.4 Å². The number of carbonyl (C=O) groups excluding carboxylic acids is 2. The van der Waals surface area contributed by atoms with Crippen molar-refractivity contribution >= 4 is 34.8 Å². The molecule has 1 atom stereocenters. The molecule has 0 spiro atoms. The van der Waals surface area contributed by atoms with Crippen molar-refractivity contribution in [2.24, 2.45) is 5.92 Å². The third-order valence-electron chi connectivity index (χ3n) is 5.36. The quantitative estimate of drug-likeness (QED) is 0.699. The number of rotatable bonds is 6. The summed E-state index contributed by atoms with van der Waals surface area (Å²) >= 11 is 5.57. The molecule has 2 heterocycles. The maximum Gasteiger partial charge on any atom is 0.236 e. The largest absolute Gasteiger partial charge is 0.399 e. The molecule has 28 heavy (non-hydrogen) atoms. The maximum atomic E-state index is 12.6. The normalized spacial score (nSPS) is 21.3. The molecular weight excluding hydrogens is 378 g/mol. The summed E-state index contributed by atoms with van der Waals surface area (Å²) in [6.07, 6.45) is 2.69. The highest BCUT2D eigenvalue weighted by Crippen LogP contribution is 2.19. The number of hydrogen-bond acceptors (Lipinski definition) is 5. The summed E-state index contributed by atoms with van der Waals surface area (Å²) in [5.41, 5.74) is 8.61. The molecule has 3 N–H and O–H groups in total. The standard InChI is InChI=1S/C20H28ClN5O2/c21-7-1-8-24-10-12-26(13-11-24)19(27)15-25-9-6-16(14-25)20(28)23-18-4-2-17(22)3-5-18/h1-5,7,16H,6,8-15,22H2,(H,23,28)/b7-1+. The first-order chi connectivity index (χ1) is 13.5. The molecule has 0 aliphatic carbocycles. The molecule has 152 valence electrons. The summed E-state index contributed by atoms with van der Waals surface area (Å²) in [6, 6.07) is 7.13. The van der Waals surface area contributed by atoms with Gasteiger partial charge in [0.2, 0.25) is 11.8 Å². The molecule has 0 radical (unpaired) electrons. The van der Waals surface area contributed by atoms with Crippen molar-refractivity contribution in [3.63, 3.8) is 0 Å². The minimum Gasteiger partial charge on any atom is -0.399 e. The Kier molecular flexibility index (Phi) is 7.30. The number of likely N-dealkylation sites (tertiary alicyclic amines) is 1. The Labute approximate surface area is 171 Å². The Balaban J connectivity index is 1.41. The molecule has 0 saturated carbocycles. The average molecular weight is 406 g/mol. The van der Waals surface area contributed by atoms with E-state index in [1.807, 2.05) is 11.0 Å². The monoisotopic (exact) mass is 405 g/mol. The Hall–Kier alpha value is -2.09. The number of nitrogens with zero attached hydrogens (tertiary/aromatic N) is 3. The van der Waals surface area contributed by atoms with Crippen molar-refractivity contribution in [1.29, 1.82) is 0 Å². The Morgan fingerprint density at radius 1 is 1.11 bits per heavy atom. The van der Waals surface area contributed by atoms with Crippen LogP contribution >= 0.6 is 11.6 Å².